The van der Waals surface area contributed by atoms with Crippen LogP contribution >= 0.6 is 0 Å². The minimum atomic E-state index is -0.577. The van der Waals surface area contributed by atoms with Crippen LogP contribution in [0.4, 0.5) is 4.39 Å². The fourth-order valence-corrected chi connectivity index (χ4v) is 2.32. The van der Waals surface area contributed by atoms with E-state index in [1.807, 2.05) is 7.05 Å². The van der Waals surface area contributed by atoms with Gasteiger partial charge in [-0.05, 0) is 6.07 Å². The number of hydrogen-bond donors (Lipinski definition) is 0. The Labute approximate surface area is 121 Å². The molecular formula is C14H15FN4O2. The maximum Gasteiger partial charge on any atom is 0.274 e. The van der Waals surface area contributed by atoms with Crippen LogP contribution in [0.5, 0.6) is 5.88 Å². The maximum absolute atomic E-state index is 13.0. The normalized spacial score (nSPS) is 18.0. The molecule has 0 saturated carbocycles. The van der Waals surface area contributed by atoms with E-state index < -0.39 is 5.95 Å². The van der Waals surface area contributed by atoms with Gasteiger partial charge in [0.25, 0.3) is 5.91 Å². The highest BCUT2D eigenvalue weighted by Gasteiger charge is 2.29. The number of aromatic nitrogens is 3. The summed E-state index contributed by atoms with van der Waals surface area (Å²) in [6.45, 7) is 1.04. The molecule has 110 valence electrons. The first kappa shape index (κ1) is 13.5. The van der Waals surface area contributed by atoms with E-state index in [2.05, 4.69) is 9.97 Å². The highest BCUT2D eigenvalue weighted by atomic mass is 19.1. The molecule has 2 aromatic heterocycles. The molecule has 1 atom stereocenters. The van der Waals surface area contributed by atoms with Gasteiger partial charge >= 0.3 is 0 Å². The van der Waals surface area contributed by atoms with Gasteiger partial charge in [-0.3, -0.25) is 4.79 Å². The van der Waals surface area contributed by atoms with Crippen molar-refractivity contribution in [1.82, 2.24) is 19.4 Å². The number of nitrogens with zero attached hydrogens (tertiary/aromatic N) is 4. The Balaban J connectivity index is 1.61. The average Bonchev–Trinajstić information content (AvgIpc) is 3.07. The number of halogens is 1. The largest absolute Gasteiger partial charge is 0.472 e. The standard InChI is InChI=1S/C14H15FN4O2/c1-18-8-11(16-9-18)14(20)19-6-5-10(7-19)21-13-4-2-3-12(15)17-13/h2-4,8-10H,5-7H2,1H3. The highest BCUT2D eigenvalue weighted by molar-refractivity contribution is 5.92. The van der Waals surface area contributed by atoms with E-state index in [4.69, 9.17) is 4.74 Å². The molecule has 1 aliphatic heterocycles. The number of amides is 1. The summed E-state index contributed by atoms with van der Waals surface area (Å²) in [5.41, 5.74) is 0.419. The fraction of sp³-hybridized carbons (Fsp3) is 0.357. The number of rotatable bonds is 3. The number of likely N-dealkylation sites (tertiary alicyclic amines) is 1. The summed E-state index contributed by atoms with van der Waals surface area (Å²) in [7, 11) is 1.81. The van der Waals surface area contributed by atoms with Gasteiger partial charge in [0, 0.05) is 32.3 Å². The van der Waals surface area contributed by atoms with Crippen LogP contribution in [0.1, 0.15) is 16.9 Å². The van der Waals surface area contributed by atoms with Crippen LogP contribution in [0.2, 0.25) is 0 Å². The second kappa shape index (κ2) is 5.51. The topological polar surface area (TPSA) is 60.2 Å². The molecule has 3 rings (SSSR count). The van der Waals surface area contributed by atoms with Gasteiger partial charge in [-0.2, -0.15) is 9.37 Å². The van der Waals surface area contributed by atoms with Crippen molar-refractivity contribution in [3.63, 3.8) is 0 Å². The molecule has 0 bridgehead atoms. The van der Waals surface area contributed by atoms with Crippen LogP contribution in [-0.4, -0.2) is 44.5 Å². The summed E-state index contributed by atoms with van der Waals surface area (Å²) in [5, 5.41) is 0. The monoisotopic (exact) mass is 290 g/mol. The van der Waals surface area contributed by atoms with E-state index in [0.29, 0.717) is 25.2 Å². The van der Waals surface area contributed by atoms with Crippen LogP contribution < -0.4 is 4.74 Å². The van der Waals surface area contributed by atoms with Crippen molar-refractivity contribution in [2.75, 3.05) is 13.1 Å². The number of imidazole rings is 1. The Bertz CT molecular complexity index is 658. The highest BCUT2D eigenvalue weighted by Crippen LogP contribution is 2.18. The van der Waals surface area contributed by atoms with Crippen LogP contribution in [0.15, 0.2) is 30.7 Å². The zero-order valence-corrected chi connectivity index (χ0v) is 11.6. The predicted molar refractivity (Wildman–Crippen MR) is 72.3 cm³/mol. The quantitative estimate of drug-likeness (QED) is 0.798. The number of carbonyl (C=O) groups excluding carboxylic acids is 1. The molecule has 1 saturated heterocycles. The predicted octanol–water partition coefficient (Wildman–Crippen LogP) is 1.25. The van der Waals surface area contributed by atoms with Crippen molar-refractivity contribution in [3.05, 3.63) is 42.4 Å². The van der Waals surface area contributed by atoms with E-state index in [9.17, 15) is 9.18 Å². The first-order valence-corrected chi connectivity index (χ1v) is 6.68. The van der Waals surface area contributed by atoms with E-state index in [0.717, 1.165) is 0 Å². The molecule has 2 aromatic rings. The summed E-state index contributed by atoms with van der Waals surface area (Å²) >= 11 is 0. The van der Waals surface area contributed by atoms with Gasteiger partial charge < -0.3 is 14.2 Å². The van der Waals surface area contributed by atoms with Crippen LogP contribution in [0.3, 0.4) is 0 Å². The van der Waals surface area contributed by atoms with Crippen molar-refractivity contribution >= 4 is 5.91 Å². The first-order valence-electron chi connectivity index (χ1n) is 6.68. The molecule has 1 amide bonds. The number of aryl methyl sites for hydroxylation is 1. The molecule has 1 unspecified atom stereocenters. The molecule has 21 heavy (non-hydrogen) atoms. The Kier molecular flexibility index (Phi) is 3.55. The minimum absolute atomic E-state index is 0.117. The van der Waals surface area contributed by atoms with E-state index in [-0.39, 0.29) is 17.9 Å². The number of ether oxygens (including phenoxy) is 1. The van der Waals surface area contributed by atoms with Crippen molar-refractivity contribution in [1.29, 1.82) is 0 Å². The molecule has 0 aliphatic carbocycles. The summed E-state index contributed by atoms with van der Waals surface area (Å²) in [6.07, 6.45) is 3.79. The summed E-state index contributed by atoms with van der Waals surface area (Å²) < 4.78 is 20.3. The van der Waals surface area contributed by atoms with Gasteiger partial charge in [0.15, 0.2) is 0 Å². The molecule has 1 fully saturated rings. The van der Waals surface area contributed by atoms with Gasteiger partial charge in [-0.25, -0.2) is 4.98 Å². The molecule has 7 heteroatoms. The third kappa shape index (κ3) is 3.01. The second-order valence-electron chi connectivity index (χ2n) is 5.00. The van der Waals surface area contributed by atoms with Gasteiger partial charge in [0.2, 0.25) is 11.8 Å². The Morgan fingerprint density at radius 1 is 1.48 bits per heavy atom. The van der Waals surface area contributed by atoms with Crippen LogP contribution in [0.25, 0.3) is 0 Å². The third-order valence-electron chi connectivity index (χ3n) is 3.33. The van der Waals surface area contributed by atoms with E-state index in [1.54, 1.807) is 34.1 Å². The van der Waals surface area contributed by atoms with Crippen LogP contribution in [-0.2, 0) is 7.05 Å². The number of pyridine rings is 1. The van der Waals surface area contributed by atoms with Crippen molar-refractivity contribution in [2.45, 2.75) is 12.5 Å². The molecule has 0 spiro atoms. The van der Waals surface area contributed by atoms with Crippen molar-refractivity contribution in [3.8, 4) is 5.88 Å². The lowest BCUT2D eigenvalue weighted by molar-refractivity contribution is 0.0765. The summed E-state index contributed by atoms with van der Waals surface area (Å²) in [6, 6.07) is 4.41. The molecule has 3 heterocycles. The molecular weight excluding hydrogens is 275 g/mol. The Morgan fingerprint density at radius 2 is 2.33 bits per heavy atom. The lowest BCUT2D eigenvalue weighted by atomic mass is 10.3. The fourth-order valence-electron chi connectivity index (χ4n) is 2.32. The zero-order chi connectivity index (χ0) is 14.8. The van der Waals surface area contributed by atoms with E-state index in [1.165, 1.54) is 6.07 Å². The second-order valence-corrected chi connectivity index (χ2v) is 5.00. The minimum Gasteiger partial charge on any atom is -0.472 e. The first-order chi connectivity index (χ1) is 10.1. The van der Waals surface area contributed by atoms with Gasteiger partial charge in [-0.15, -0.1) is 0 Å². The van der Waals surface area contributed by atoms with Crippen molar-refractivity contribution < 1.29 is 13.9 Å². The third-order valence-corrected chi connectivity index (χ3v) is 3.33. The molecule has 0 radical (unpaired) electrons. The van der Waals surface area contributed by atoms with Crippen LogP contribution in [0, 0.1) is 5.95 Å². The molecule has 0 aromatic carbocycles. The maximum atomic E-state index is 13.0. The zero-order valence-electron chi connectivity index (χ0n) is 11.6. The SMILES string of the molecule is Cn1cnc(C(=O)N2CCC(Oc3cccc(F)n3)C2)c1. The van der Waals surface area contributed by atoms with Gasteiger partial charge in [-0.1, -0.05) is 6.07 Å². The lowest BCUT2D eigenvalue weighted by Crippen LogP contribution is -2.31. The van der Waals surface area contributed by atoms with Gasteiger partial charge in [0.05, 0.1) is 12.9 Å². The Hall–Kier alpha value is -2.44. The molecule has 1 aliphatic rings. The molecule has 0 N–H and O–H groups in total. The van der Waals surface area contributed by atoms with E-state index >= 15 is 0 Å². The number of carbonyl (C=O) groups is 1. The average molecular weight is 290 g/mol. The summed E-state index contributed by atoms with van der Waals surface area (Å²) in [5.74, 6) is -0.451. The Morgan fingerprint density at radius 3 is 3.05 bits per heavy atom. The summed E-state index contributed by atoms with van der Waals surface area (Å²) in [4.78, 5) is 21.6. The molecule has 6 nitrogen and oxygen atoms in total. The lowest BCUT2D eigenvalue weighted by Gasteiger charge is -2.15. The smallest absolute Gasteiger partial charge is 0.274 e. The van der Waals surface area contributed by atoms with Gasteiger partial charge in [0.1, 0.15) is 11.8 Å². The number of hydrogen-bond acceptors (Lipinski definition) is 4. The van der Waals surface area contributed by atoms with Crippen molar-refractivity contribution in [2.24, 2.45) is 7.05 Å².